The minimum Gasteiger partial charge on any atom is -0.492 e. The van der Waals surface area contributed by atoms with Gasteiger partial charge in [0.1, 0.15) is 12.4 Å². The highest BCUT2D eigenvalue weighted by Crippen LogP contribution is 2.17. The van der Waals surface area contributed by atoms with Crippen LogP contribution < -0.4 is 10.1 Å². The molecule has 0 fully saturated rings. The number of halogens is 2. The van der Waals surface area contributed by atoms with Crippen LogP contribution in [0, 0.1) is 0 Å². The van der Waals surface area contributed by atoms with Crippen LogP contribution in [0.25, 0.3) is 0 Å². The fourth-order valence-electron chi connectivity index (χ4n) is 1.63. The van der Waals surface area contributed by atoms with Gasteiger partial charge in [0.05, 0.1) is 17.1 Å². The number of carbonyl (C=O) groups excluding carboxylic acids is 1. The van der Waals surface area contributed by atoms with Crippen molar-refractivity contribution in [3.63, 3.8) is 0 Å². The molecule has 2 rings (SSSR count). The van der Waals surface area contributed by atoms with E-state index in [4.69, 9.17) is 16.3 Å². The average Bonchev–Trinajstić information content (AvgIpc) is 2.44. The van der Waals surface area contributed by atoms with Crippen molar-refractivity contribution in [1.82, 2.24) is 5.32 Å². The normalized spacial score (nSPS) is 10.1. The van der Waals surface area contributed by atoms with E-state index < -0.39 is 0 Å². The van der Waals surface area contributed by atoms with Crippen LogP contribution in [0.15, 0.2) is 53.0 Å². The van der Waals surface area contributed by atoms with E-state index >= 15 is 0 Å². The van der Waals surface area contributed by atoms with Crippen molar-refractivity contribution in [1.29, 1.82) is 0 Å². The number of carbonyl (C=O) groups is 1. The van der Waals surface area contributed by atoms with Gasteiger partial charge in [0, 0.05) is 4.47 Å². The fourth-order valence-corrected chi connectivity index (χ4v) is 2.23. The highest BCUT2D eigenvalue weighted by molar-refractivity contribution is 9.10. The summed E-state index contributed by atoms with van der Waals surface area (Å²) in [5.74, 6) is 0.555. The second-order valence-electron chi connectivity index (χ2n) is 4.04. The Bertz CT molecular complexity index is 604. The number of benzene rings is 2. The molecule has 0 aliphatic rings. The third-order valence-corrected chi connectivity index (χ3v) is 3.39. The Morgan fingerprint density at radius 1 is 1.20 bits per heavy atom. The molecule has 0 aromatic heterocycles. The topological polar surface area (TPSA) is 38.3 Å². The molecule has 1 amide bonds. The Balaban J connectivity index is 1.79. The highest BCUT2D eigenvalue weighted by Gasteiger charge is 2.08. The number of hydrogen-bond donors (Lipinski definition) is 1. The molecule has 0 saturated heterocycles. The summed E-state index contributed by atoms with van der Waals surface area (Å²) in [6.07, 6.45) is 0. The summed E-state index contributed by atoms with van der Waals surface area (Å²) in [5, 5.41) is 3.21. The molecule has 5 heteroatoms. The van der Waals surface area contributed by atoms with Crippen molar-refractivity contribution < 1.29 is 9.53 Å². The van der Waals surface area contributed by atoms with Crippen LogP contribution in [0.5, 0.6) is 5.75 Å². The van der Waals surface area contributed by atoms with Crippen molar-refractivity contribution in [3.05, 3.63) is 63.6 Å². The van der Waals surface area contributed by atoms with Crippen LogP contribution in [0.4, 0.5) is 0 Å². The highest BCUT2D eigenvalue weighted by atomic mass is 79.9. The van der Waals surface area contributed by atoms with Crippen molar-refractivity contribution in [2.75, 3.05) is 13.2 Å². The van der Waals surface area contributed by atoms with Gasteiger partial charge in [-0.2, -0.15) is 0 Å². The first-order valence-corrected chi connectivity index (χ1v) is 7.25. The number of ether oxygens (including phenoxy) is 1. The maximum Gasteiger partial charge on any atom is 0.252 e. The molecule has 104 valence electrons. The Kier molecular flexibility index (Phi) is 5.44. The van der Waals surface area contributed by atoms with Gasteiger partial charge in [-0.3, -0.25) is 4.79 Å². The molecule has 0 bridgehead atoms. The zero-order valence-electron chi connectivity index (χ0n) is 10.6. The number of nitrogens with one attached hydrogen (secondary N) is 1. The van der Waals surface area contributed by atoms with E-state index in [9.17, 15) is 4.79 Å². The summed E-state index contributed by atoms with van der Waals surface area (Å²) < 4.78 is 6.48. The van der Waals surface area contributed by atoms with E-state index in [1.165, 1.54) is 0 Å². The summed E-state index contributed by atoms with van der Waals surface area (Å²) >= 11 is 9.32. The van der Waals surface area contributed by atoms with Gasteiger partial charge in [-0.25, -0.2) is 0 Å². The molecular formula is C15H13BrClNO2. The van der Waals surface area contributed by atoms with Crippen LogP contribution in [0.3, 0.4) is 0 Å². The van der Waals surface area contributed by atoms with Crippen molar-refractivity contribution in [3.8, 4) is 5.75 Å². The van der Waals surface area contributed by atoms with E-state index in [0.29, 0.717) is 23.7 Å². The maximum atomic E-state index is 11.9. The van der Waals surface area contributed by atoms with Gasteiger partial charge < -0.3 is 10.1 Å². The van der Waals surface area contributed by atoms with Crippen molar-refractivity contribution >= 4 is 33.4 Å². The molecule has 2 aromatic carbocycles. The number of amides is 1. The third kappa shape index (κ3) is 4.25. The summed E-state index contributed by atoms with van der Waals surface area (Å²) in [4.78, 5) is 11.9. The molecule has 0 aliphatic carbocycles. The summed E-state index contributed by atoms with van der Waals surface area (Å²) in [5.41, 5.74) is 0.469. The lowest BCUT2D eigenvalue weighted by atomic mass is 10.2. The van der Waals surface area contributed by atoms with Gasteiger partial charge in [-0.15, -0.1) is 0 Å². The Morgan fingerprint density at radius 2 is 2.00 bits per heavy atom. The molecule has 0 saturated carbocycles. The van der Waals surface area contributed by atoms with E-state index in [0.717, 1.165) is 10.2 Å². The van der Waals surface area contributed by atoms with Crippen LogP contribution >= 0.6 is 27.5 Å². The second-order valence-corrected chi connectivity index (χ2v) is 5.36. The monoisotopic (exact) mass is 353 g/mol. The largest absolute Gasteiger partial charge is 0.492 e. The zero-order chi connectivity index (χ0) is 14.4. The minimum absolute atomic E-state index is 0.201. The van der Waals surface area contributed by atoms with Crippen LogP contribution in [0.2, 0.25) is 5.02 Å². The average molecular weight is 355 g/mol. The van der Waals surface area contributed by atoms with E-state index in [1.807, 2.05) is 24.3 Å². The summed E-state index contributed by atoms with van der Waals surface area (Å²) in [6, 6.07) is 14.5. The Labute approximate surface area is 131 Å². The second kappa shape index (κ2) is 7.31. The first-order valence-electron chi connectivity index (χ1n) is 6.08. The zero-order valence-corrected chi connectivity index (χ0v) is 12.9. The maximum absolute atomic E-state index is 11.9. The molecule has 0 radical (unpaired) electrons. The van der Waals surface area contributed by atoms with Crippen LogP contribution in [-0.4, -0.2) is 19.1 Å². The quantitative estimate of drug-likeness (QED) is 0.827. The summed E-state index contributed by atoms with van der Waals surface area (Å²) in [7, 11) is 0. The molecule has 0 atom stereocenters. The first-order chi connectivity index (χ1) is 9.66. The van der Waals surface area contributed by atoms with Gasteiger partial charge >= 0.3 is 0 Å². The molecule has 1 N–H and O–H groups in total. The molecule has 3 nitrogen and oxygen atoms in total. The standard InChI is InChI=1S/C15H13BrClNO2/c16-11-4-3-5-12(10-11)20-9-8-18-15(19)13-6-1-2-7-14(13)17/h1-7,10H,8-9H2,(H,18,19). The lowest BCUT2D eigenvalue weighted by Crippen LogP contribution is -2.28. The molecule has 20 heavy (non-hydrogen) atoms. The van der Waals surface area contributed by atoms with E-state index in [1.54, 1.807) is 24.3 Å². The fraction of sp³-hybridized carbons (Fsp3) is 0.133. The lowest BCUT2D eigenvalue weighted by Gasteiger charge is -2.08. The number of hydrogen-bond acceptors (Lipinski definition) is 2. The van der Waals surface area contributed by atoms with E-state index in [-0.39, 0.29) is 5.91 Å². The van der Waals surface area contributed by atoms with Gasteiger partial charge in [-0.1, -0.05) is 45.7 Å². The molecule has 2 aromatic rings. The molecule has 0 unspecified atom stereocenters. The predicted molar refractivity (Wildman–Crippen MR) is 83.4 cm³/mol. The minimum atomic E-state index is -0.201. The Morgan fingerprint density at radius 3 is 2.75 bits per heavy atom. The van der Waals surface area contributed by atoms with Gasteiger partial charge in [0.15, 0.2) is 0 Å². The first kappa shape index (κ1) is 14.9. The number of rotatable bonds is 5. The third-order valence-electron chi connectivity index (χ3n) is 2.57. The Hall–Kier alpha value is -1.52. The van der Waals surface area contributed by atoms with Gasteiger partial charge in [-0.05, 0) is 30.3 Å². The molecule has 0 heterocycles. The lowest BCUT2D eigenvalue weighted by molar-refractivity contribution is 0.0947. The SMILES string of the molecule is O=C(NCCOc1cccc(Br)c1)c1ccccc1Cl. The molecule has 0 spiro atoms. The predicted octanol–water partition coefficient (Wildman–Crippen LogP) is 3.91. The van der Waals surface area contributed by atoms with Gasteiger partial charge in [0.2, 0.25) is 0 Å². The summed E-state index contributed by atoms with van der Waals surface area (Å²) in [6.45, 7) is 0.809. The van der Waals surface area contributed by atoms with E-state index in [2.05, 4.69) is 21.2 Å². The van der Waals surface area contributed by atoms with Crippen LogP contribution in [-0.2, 0) is 0 Å². The molecule has 0 aliphatic heterocycles. The smallest absolute Gasteiger partial charge is 0.252 e. The van der Waals surface area contributed by atoms with Crippen molar-refractivity contribution in [2.45, 2.75) is 0 Å². The van der Waals surface area contributed by atoms with Crippen molar-refractivity contribution in [2.24, 2.45) is 0 Å². The molecular weight excluding hydrogens is 342 g/mol. The van der Waals surface area contributed by atoms with Crippen LogP contribution in [0.1, 0.15) is 10.4 Å². The van der Waals surface area contributed by atoms with Gasteiger partial charge in [0.25, 0.3) is 5.91 Å².